The van der Waals surface area contributed by atoms with Crippen molar-refractivity contribution in [1.82, 2.24) is 4.68 Å². The van der Waals surface area contributed by atoms with E-state index in [1.54, 1.807) is 12.1 Å². The van der Waals surface area contributed by atoms with Crippen LogP contribution in [-0.2, 0) is 0 Å². The maximum Gasteiger partial charge on any atom is 0.341 e. The third kappa shape index (κ3) is 2.47. The molecule has 3 heterocycles. The van der Waals surface area contributed by atoms with Gasteiger partial charge in [-0.05, 0) is 18.9 Å². The van der Waals surface area contributed by atoms with E-state index in [0.29, 0.717) is 19.6 Å². The summed E-state index contributed by atoms with van der Waals surface area (Å²) in [6.07, 6.45) is 2.02. The first-order valence-electron chi connectivity index (χ1n) is 8.83. The van der Waals surface area contributed by atoms with Crippen molar-refractivity contribution in [3.8, 4) is 5.75 Å². The van der Waals surface area contributed by atoms with Gasteiger partial charge in [0.15, 0.2) is 18.3 Å². The Morgan fingerprint density at radius 2 is 2.25 bits per heavy atom. The Labute approximate surface area is 159 Å². The Balaban J connectivity index is 2.10. The molecule has 0 saturated carbocycles. The molecule has 1 saturated heterocycles. The van der Waals surface area contributed by atoms with Crippen LogP contribution in [0.4, 0.5) is 15.8 Å². The number of pyridine rings is 1. The minimum atomic E-state index is -1.41. The van der Waals surface area contributed by atoms with Gasteiger partial charge in [-0.2, -0.15) is 0 Å². The van der Waals surface area contributed by atoms with Crippen molar-refractivity contribution in [2.24, 2.45) is 17.5 Å². The molecular weight excluding hydrogens is 371 g/mol. The average Bonchev–Trinajstić information content (AvgIpc) is 3.14. The van der Waals surface area contributed by atoms with Crippen LogP contribution in [0.5, 0.6) is 5.75 Å². The largest absolute Gasteiger partial charge is 0.477 e. The van der Waals surface area contributed by atoms with E-state index in [2.05, 4.69) is 5.43 Å². The van der Waals surface area contributed by atoms with E-state index in [-0.39, 0.29) is 40.7 Å². The number of carboxylic acid groups (broad SMARTS) is 1. The molecule has 11 heteroatoms. The highest BCUT2D eigenvalue weighted by Gasteiger charge is 2.34. The fourth-order valence-electron chi connectivity index (χ4n) is 3.92. The predicted molar refractivity (Wildman–Crippen MR) is 102 cm³/mol. The van der Waals surface area contributed by atoms with E-state index < -0.39 is 22.8 Å². The van der Waals surface area contributed by atoms with Crippen LogP contribution in [-0.4, -0.2) is 49.2 Å². The van der Waals surface area contributed by atoms with Crippen molar-refractivity contribution < 1.29 is 19.0 Å². The summed E-state index contributed by atoms with van der Waals surface area (Å²) in [5.74, 6) is 3.80. The van der Waals surface area contributed by atoms with Crippen LogP contribution in [0.1, 0.15) is 16.8 Å². The summed E-state index contributed by atoms with van der Waals surface area (Å²) >= 11 is 0. The number of anilines is 2. The molecule has 10 nitrogen and oxygen atoms in total. The summed E-state index contributed by atoms with van der Waals surface area (Å²) in [5.41, 5.74) is 6.88. The van der Waals surface area contributed by atoms with Gasteiger partial charge >= 0.3 is 5.97 Å². The second-order valence-corrected chi connectivity index (χ2v) is 7.02. The first kappa shape index (κ1) is 18.3. The van der Waals surface area contributed by atoms with Gasteiger partial charge in [0.2, 0.25) is 5.43 Å². The van der Waals surface area contributed by atoms with Crippen LogP contribution in [0.2, 0.25) is 0 Å². The number of benzene rings is 1. The van der Waals surface area contributed by atoms with Gasteiger partial charge in [0, 0.05) is 26.3 Å². The van der Waals surface area contributed by atoms with Crippen molar-refractivity contribution in [2.45, 2.75) is 6.42 Å². The molecule has 1 aromatic carbocycles. The van der Waals surface area contributed by atoms with E-state index in [1.807, 2.05) is 4.90 Å². The maximum absolute atomic E-state index is 15.5. The monoisotopic (exact) mass is 392 g/mol. The average molecular weight is 392 g/mol. The fraction of sp³-hybridized carbons (Fsp3) is 0.412. The molecular formula is C17H21FN6O4. The lowest BCUT2D eigenvalue weighted by Gasteiger charge is -2.34. The zero-order chi connectivity index (χ0) is 20.2. The number of nitrogens with zero attached hydrogens (tertiary/aromatic N) is 3. The lowest BCUT2D eigenvalue weighted by molar-refractivity contribution is 0.0694. The van der Waals surface area contributed by atoms with Gasteiger partial charge in [0.1, 0.15) is 22.5 Å². The minimum absolute atomic E-state index is 0.0556. The molecule has 4 rings (SSSR count). The second kappa shape index (κ2) is 6.53. The fourth-order valence-corrected chi connectivity index (χ4v) is 3.92. The van der Waals surface area contributed by atoms with Gasteiger partial charge in [-0.15, -0.1) is 0 Å². The number of carboxylic acids is 1. The Kier molecular flexibility index (Phi) is 4.27. The van der Waals surface area contributed by atoms with E-state index in [1.165, 1.54) is 10.9 Å². The van der Waals surface area contributed by atoms with Crippen molar-refractivity contribution in [2.75, 3.05) is 48.7 Å². The standard InChI is InChI=1S/C17H21FN6O4/c1-22-7-28-16-13-10(15(25)9(17(26)27)6-24(13)22)12(21-20)11(18)14(16)23-3-2-8(4-19)5-23/h6,8,21H,2-5,7,19-20H2,1H3,(H,26,27). The molecule has 1 fully saturated rings. The van der Waals surface area contributed by atoms with E-state index in [9.17, 15) is 14.7 Å². The molecule has 0 spiro atoms. The lowest BCUT2D eigenvalue weighted by Crippen LogP contribution is -2.40. The topological polar surface area (TPSA) is 139 Å². The Morgan fingerprint density at radius 1 is 1.50 bits per heavy atom. The highest BCUT2D eigenvalue weighted by Crippen LogP contribution is 2.45. The normalized spacial score (nSPS) is 18.5. The summed E-state index contributed by atoms with van der Waals surface area (Å²) in [6.45, 7) is 1.67. The molecule has 0 radical (unpaired) electrons. The quantitative estimate of drug-likeness (QED) is 0.412. The van der Waals surface area contributed by atoms with Crippen molar-refractivity contribution in [1.29, 1.82) is 0 Å². The molecule has 0 aliphatic carbocycles. The number of rotatable bonds is 4. The molecule has 6 N–H and O–H groups in total. The molecule has 0 amide bonds. The first-order chi connectivity index (χ1) is 13.4. The highest BCUT2D eigenvalue weighted by molar-refractivity contribution is 6.04. The molecule has 2 aromatic rings. The number of ether oxygens (including phenoxy) is 1. The Bertz CT molecular complexity index is 1040. The molecule has 28 heavy (non-hydrogen) atoms. The third-order valence-electron chi connectivity index (χ3n) is 5.37. The number of halogens is 1. The number of hydrogen-bond acceptors (Lipinski definition) is 8. The van der Waals surface area contributed by atoms with Gasteiger partial charge in [0.25, 0.3) is 0 Å². The number of nitrogen functional groups attached to an aromatic ring is 1. The number of nitrogens with two attached hydrogens (primary N) is 2. The molecule has 0 bridgehead atoms. The van der Waals surface area contributed by atoms with E-state index in [0.717, 1.165) is 6.42 Å². The maximum atomic E-state index is 15.5. The first-order valence-corrected chi connectivity index (χ1v) is 8.83. The lowest BCUT2D eigenvalue weighted by atomic mass is 10.1. The SMILES string of the molecule is CN1COc2c(N3CCC(CN)C3)c(F)c(NN)c3c(=O)c(C(=O)O)cn1c23. The van der Waals surface area contributed by atoms with Crippen LogP contribution in [0, 0.1) is 11.7 Å². The molecule has 1 atom stereocenters. The molecule has 1 unspecified atom stereocenters. The Hall–Kier alpha value is -3.05. The van der Waals surface area contributed by atoms with Gasteiger partial charge in [-0.3, -0.25) is 20.3 Å². The van der Waals surface area contributed by atoms with Gasteiger partial charge < -0.3 is 25.9 Å². The van der Waals surface area contributed by atoms with Crippen LogP contribution < -0.4 is 37.1 Å². The van der Waals surface area contributed by atoms with Gasteiger partial charge in [-0.1, -0.05) is 0 Å². The van der Waals surface area contributed by atoms with Crippen molar-refractivity contribution in [3.05, 3.63) is 27.8 Å². The van der Waals surface area contributed by atoms with Crippen molar-refractivity contribution >= 4 is 28.2 Å². The van der Waals surface area contributed by atoms with Gasteiger partial charge in [0.05, 0.1) is 5.39 Å². The van der Waals surface area contributed by atoms with Crippen LogP contribution in [0.25, 0.3) is 10.9 Å². The third-order valence-corrected chi connectivity index (χ3v) is 5.37. The van der Waals surface area contributed by atoms with Crippen LogP contribution in [0.3, 0.4) is 0 Å². The summed E-state index contributed by atoms with van der Waals surface area (Å²) in [5, 5.41) is 10.8. The number of aromatic carboxylic acids is 1. The minimum Gasteiger partial charge on any atom is -0.477 e. The second-order valence-electron chi connectivity index (χ2n) is 7.02. The van der Waals surface area contributed by atoms with E-state index in [4.69, 9.17) is 16.3 Å². The van der Waals surface area contributed by atoms with Crippen LogP contribution in [0.15, 0.2) is 11.0 Å². The number of hydrogen-bond donors (Lipinski definition) is 4. The Morgan fingerprint density at radius 3 is 2.86 bits per heavy atom. The summed E-state index contributed by atoms with van der Waals surface area (Å²) in [7, 11) is 1.66. The predicted octanol–water partition coefficient (Wildman–Crippen LogP) is -0.173. The van der Waals surface area contributed by atoms with Gasteiger partial charge in [-0.25, -0.2) is 9.18 Å². The van der Waals surface area contributed by atoms with Crippen molar-refractivity contribution in [3.63, 3.8) is 0 Å². The zero-order valence-corrected chi connectivity index (χ0v) is 15.2. The summed E-state index contributed by atoms with van der Waals surface area (Å²) < 4.78 is 22.8. The zero-order valence-electron chi connectivity index (χ0n) is 15.2. The number of nitrogens with one attached hydrogen (secondary N) is 1. The molecule has 1 aromatic heterocycles. The highest BCUT2D eigenvalue weighted by atomic mass is 19.1. The van der Waals surface area contributed by atoms with E-state index >= 15 is 4.39 Å². The summed E-state index contributed by atoms with van der Waals surface area (Å²) in [6, 6.07) is 0. The van der Waals surface area contributed by atoms with Crippen LogP contribution >= 0.6 is 0 Å². The number of aromatic nitrogens is 1. The molecule has 150 valence electrons. The smallest absolute Gasteiger partial charge is 0.341 e. The number of carbonyl (C=O) groups is 1. The molecule has 2 aliphatic rings. The summed E-state index contributed by atoms with van der Waals surface area (Å²) in [4.78, 5) is 26.2. The number of hydrazine groups is 1. The molecule has 2 aliphatic heterocycles.